The number of piperazine rings is 1. The molecule has 1 aliphatic rings. The molecule has 7 nitrogen and oxygen atoms in total. The summed E-state index contributed by atoms with van der Waals surface area (Å²) in [5.41, 5.74) is 2.97. The smallest absolute Gasteiger partial charge is 0.368 e. The number of amides is 1. The largest absolute Gasteiger partial charge is 0.416 e. The van der Waals surface area contributed by atoms with Crippen LogP contribution in [0.1, 0.15) is 26.6 Å². The molecule has 1 amide bonds. The predicted molar refractivity (Wildman–Crippen MR) is 168 cm³/mol. The summed E-state index contributed by atoms with van der Waals surface area (Å²) in [5.74, 6) is 0.916. The molecule has 0 bridgehead atoms. The van der Waals surface area contributed by atoms with Gasteiger partial charge in [-0.3, -0.25) is 9.36 Å². The molecule has 1 fully saturated rings. The molecule has 13 heteroatoms. The van der Waals surface area contributed by atoms with Gasteiger partial charge in [-0.15, -0.1) is 21.5 Å². The molecular weight excluding hydrogens is 629 g/mol. The Labute approximate surface area is 265 Å². The molecule has 1 saturated heterocycles. The number of thioether (sulfide) groups is 1. The molecule has 0 saturated carbocycles. The molecule has 6 rings (SSSR count). The molecule has 0 radical (unpaired) electrons. The van der Waals surface area contributed by atoms with E-state index in [1.54, 1.807) is 16.3 Å². The molecule has 44 heavy (non-hydrogen) atoms. The van der Waals surface area contributed by atoms with Gasteiger partial charge in [0.15, 0.2) is 11.0 Å². The third-order valence-electron chi connectivity index (χ3n) is 7.24. The van der Waals surface area contributed by atoms with Crippen molar-refractivity contribution in [2.24, 2.45) is 0 Å². The number of alkyl halides is 3. The standard InChI is InChI=1S/C31H26ClF3N6OS2/c1-20-9-11-22(12-10-20)41-28(24-7-2-3-8-25(24)32)37-38-30(41)44-19-27-36-26(18-43-27)29(42)40-15-13-39(14-16-40)23-6-4-5-21(17-23)31(33,34)35/h2-12,17-18H,13-16,19H2,1H3. The fraction of sp³-hybridized carbons (Fsp3) is 0.226. The summed E-state index contributed by atoms with van der Waals surface area (Å²) in [6.07, 6.45) is -4.40. The highest BCUT2D eigenvalue weighted by molar-refractivity contribution is 7.98. The van der Waals surface area contributed by atoms with Gasteiger partial charge in [-0.05, 0) is 49.4 Å². The van der Waals surface area contributed by atoms with Gasteiger partial charge in [0.05, 0.1) is 16.3 Å². The van der Waals surface area contributed by atoms with Crippen LogP contribution in [-0.2, 0) is 11.9 Å². The van der Waals surface area contributed by atoms with Crippen molar-refractivity contribution in [3.05, 3.63) is 105 Å². The van der Waals surface area contributed by atoms with Crippen molar-refractivity contribution in [1.82, 2.24) is 24.6 Å². The van der Waals surface area contributed by atoms with E-state index in [9.17, 15) is 18.0 Å². The summed E-state index contributed by atoms with van der Waals surface area (Å²) in [6.45, 7) is 3.67. The zero-order valence-electron chi connectivity index (χ0n) is 23.5. The van der Waals surface area contributed by atoms with Gasteiger partial charge in [-0.25, -0.2) is 4.98 Å². The summed E-state index contributed by atoms with van der Waals surface area (Å²) in [5, 5.41) is 12.7. The van der Waals surface area contributed by atoms with Crippen molar-refractivity contribution in [2.75, 3.05) is 31.1 Å². The Balaban J connectivity index is 1.13. The van der Waals surface area contributed by atoms with Crippen LogP contribution in [0.25, 0.3) is 17.1 Å². The third kappa shape index (κ3) is 6.47. The van der Waals surface area contributed by atoms with Crippen LogP contribution < -0.4 is 4.90 Å². The first-order valence-electron chi connectivity index (χ1n) is 13.7. The first-order chi connectivity index (χ1) is 21.2. The number of hydrogen-bond donors (Lipinski definition) is 0. The van der Waals surface area contributed by atoms with Crippen molar-refractivity contribution < 1.29 is 18.0 Å². The van der Waals surface area contributed by atoms with Crippen molar-refractivity contribution in [2.45, 2.75) is 24.0 Å². The Morgan fingerprint density at radius 2 is 1.70 bits per heavy atom. The Morgan fingerprint density at radius 3 is 2.43 bits per heavy atom. The minimum atomic E-state index is -4.40. The molecule has 0 atom stereocenters. The van der Waals surface area contributed by atoms with E-state index in [1.165, 1.54) is 29.2 Å². The lowest BCUT2D eigenvalue weighted by Crippen LogP contribution is -2.49. The van der Waals surface area contributed by atoms with Gasteiger partial charge in [0, 0.05) is 48.5 Å². The van der Waals surface area contributed by atoms with Crippen LogP contribution in [0.4, 0.5) is 18.9 Å². The number of aryl methyl sites for hydroxylation is 1. The maximum absolute atomic E-state index is 13.2. The molecule has 226 valence electrons. The van der Waals surface area contributed by atoms with Crippen molar-refractivity contribution in [1.29, 1.82) is 0 Å². The average Bonchev–Trinajstić information content (AvgIpc) is 3.68. The number of hydrogen-bond acceptors (Lipinski definition) is 7. The molecule has 0 spiro atoms. The quantitative estimate of drug-likeness (QED) is 0.168. The van der Waals surface area contributed by atoms with Crippen LogP contribution in [0.2, 0.25) is 5.02 Å². The van der Waals surface area contributed by atoms with Crippen LogP contribution in [0.15, 0.2) is 83.3 Å². The summed E-state index contributed by atoms with van der Waals surface area (Å²) < 4.78 is 41.4. The van der Waals surface area contributed by atoms with Gasteiger partial charge in [-0.1, -0.05) is 59.3 Å². The lowest BCUT2D eigenvalue weighted by atomic mass is 10.1. The molecule has 0 aliphatic carbocycles. The van der Waals surface area contributed by atoms with Crippen molar-refractivity contribution >= 4 is 46.3 Å². The van der Waals surface area contributed by atoms with Gasteiger partial charge in [0.25, 0.3) is 5.91 Å². The molecule has 2 aromatic heterocycles. The maximum atomic E-state index is 13.2. The highest BCUT2D eigenvalue weighted by Gasteiger charge is 2.31. The molecule has 5 aromatic rings. The monoisotopic (exact) mass is 654 g/mol. The zero-order valence-corrected chi connectivity index (χ0v) is 25.8. The van der Waals surface area contributed by atoms with Crippen LogP contribution in [0, 0.1) is 6.92 Å². The van der Waals surface area contributed by atoms with Gasteiger partial charge in [-0.2, -0.15) is 13.2 Å². The van der Waals surface area contributed by atoms with E-state index in [1.807, 2.05) is 64.9 Å². The van der Waals surface area contributed by atoms with Crippen LogP contribution in [0.5, 0.6) is 0 Å². The number of anilines is 1. The van der Waals surface area contributed by atoms with Crippen LogP contribution >= 0.6 is 34.7 Å². The number of rotatable bonds is 7. The molecule has 3 aromatic carbocycles. The minimum absolute atomic E-state index is 0.190. The minimum Gasteiger partial charge on any atom is -0.368 e. The van der Waals surface area contributed by atoms with Gasteiger partial charge in [0.1, 0.15) is 10.7 Å². The maximum Gasteiger partial charge on any atom is 0.416 e. The lowest BCUT2D eigenvalue weighted by Gasteiger charge is -2.36. The number of carbonyl (C=O) groups is 1. The van der Waals surface area contributed by atoms with E-state index in [4.69, 9.17) is 11.6 Å². The summed E-state index contributed by atoms with van der Waals surface area (Å²) >= 11 is 9.37. The molecule has 1 aliphatic heterocycles. The van der Waals surface area contributed by atoms with E-state index in [2.05, 4.69) is 15.2 Å². The predicted octanol–water partition coefficient (Wildman–Crippen LogP) is 7.63. The van der Waals surface area contributed by atoms with E-state index >= 15 is 0 Å². The first kappa shape index (κ1) is 30.2. The van der Waals surface area contributed by atoms with E-state index in [0.29, 0.717) is 59.3 Å². The second-order valence-corrected chi connectivity index (χ2v) is 12.5. The van der Waals surface area contributed by atoms with E-state index in [-0.39, 0.29) is 5.91 Å². The zero-order chi connectivity index (χ0) is 30.8. The van der Waals surface area contributed by atoms with E-state index < -0.39 is 11.7 Å². The summed E-state index contributed by atoms with van der Waals surface area (Å²) in [7, 11) is 0. The third-order valence-corrected chi connectivity index (χ3v) is 9.54. The molecule has 0 N–H and O–H groups in total. The second kappa shape index (κ2) is 12.6. The van der Waals surface area contributed by atoms with Crippen LogP contribution in [0.3, 0.4) is 0 Å². The molecule has 3 heterocycles. The van der Waals surface area contributed by atoms with Crippen molar-refractivity contribution in [3.8, 4) is 17.1 Å². The summed E-state index contributed by atoms with van der Waals surface area (Å²) in [4.78, 5) is 21.4. The molecular formula is C31H26ClF3N6OS2. The van der Waals surface area contributed by atoms with Gasteiger partial charge < -0.3 is 9.80 Å². The van der Waals surface area contributed by atoms with E-state index in [0.717, 1.165) is 34.0 Å². The van der Waals surface area contributed by atoms with Crippen LogP contribution in [-0.4, -0.2) is 56.7 Å². The van der Waals surface area contributed by atoms with Gasteiger partial charge >= 0.3 is 6.18 Å². The number of benzene rings is 3. The Hall–Kier alpha value is -3.87. The number of carbonyl (C=O) groups excluding carboxylic acids is 1. The molecule has 0 unspecified atom stereocenters. The first-order valence-corrected chi connectivity index (χ1v) is 16.0. The van der Waals surface area contributed by atoms with Crippen molar-refractivity contribution in [3.63, 3.8) is 0 Å². The Morgan fingerprint density at radius 1 is 0.955 bits per heavy atom. The Bertz CT molecular complexity index is 1780. The highest BCUT2D eigenvalue weighted by atomic mass is 35.5. The second-order valence-electron chi connectivity index (χ2n) is 10.2. The number of thiazole rings is 1. The number of nitrogens with zero attached hydrogens (tertiary/aromatic N) is 6. The van der Waals surface area contributed by atoms with Gasteiger partial charge in [0.2, 0.25) is 0 Å². The SMILES string of the molecule is Cc1ccc(-n2c(SCc3nc(C(=O)N4CCN(c5cccc(C(F)(F)F)c5)CC4)cs3)nnc2-c2ccccc2Cl)cc1. The lowest BCUT2D eigenvalue weighted by molar-refractivity contribution is -0.137. The fourth-order valence-electron chi connectivity index (χ4n) is 4.92. The fourth-order valence-corrected chi connectivity index (χ4v) is 6.88. The normalized spacial score (nSPS) is 13.8. The average molecular weight is 655 g/mol. The number of halogens is 4. The Kier molecular flexibility index (Phi) is 8.66. The highest BCUT2D eigenvalue weighted by Crippen LogP contribution is 2.34. The number of aromatic nitrogens is 4. The topological polar surface area (TPSA) is 67.2 Å². The summed E-state index contributed by atoms with van der Waals surface area (Å²) in [6, 6.07) is 20.8.